The second-order valence-electron chi connectivity index (χ2n) is 7.90. The third-order valence-corrected chi connectivity index (χ3v) is 6.63. The van der Waals surface area contributed by atoms with E-state index in [2.05, 4.69) is 29.6 Å². The van der Waals surface area contributed by atoms with Crippen molar-refractivity contribution < 1.29 is 35.8 Å². The summed E-state index contributed by atoms with van der Waals surface area (Å²) in [6.07, 6.45) is 4.75. The fourth-order valence-electron chi connectivity index (χ4n) is 4.13. The first-order valence-electron chi connectivity index (χ1n) is 10.5. The van der Waals surface area contributed by atoms with E-state index in [1.54, 1.807) is 6.92 Å². The lowest BCUT2D eigenvalue weighted by atomic mass is 10.1. The average Bonchev–Trinajstić information content (AvgIpc) is 2.91. The van der Waals surface area contributed by atoms with Gasteiger partial charge in [-0.3, -0.25) is 4.79 Å². The summed E-state index contributed by atoms with van der Waals surface area (Å²) in [5.41, 5.74) is 2.77. The second-order valence-corrected chi connectivity index (χ2v) is 8.78. The van der Waals surface area contributed by atoms with Crippen LogP contribution in [-0.4, -0.2) is 42.6 Å². The Morgan fingerprint density at radius 3 is 2.40 bits per heavy atom. The highest BCUT2D eigenvalue weighted by Crippen LogP contribution is 2.29. The van der Waals surface area contributed by atoms with Crippen LogP contribution in [0.4, 0.5) is 5.69 Å². The molecule has 1 N–H and O–H groups in total. The molecule has 7 heteroatoms. The van der Waals surface area contributed by atoms with Crippen molar-refractivity contribution in [1.29, 1.82) is 0 Å². The average molecular weight is 495 g/mol. The zero-order valence-corrected chi connectivity index (χ0v) is 20.2. The van der Waals surface area contributed by atoms with E-state index in [1.165, 1.54) is 29.7 Å². The van der Waals surface area contributed by atoms with Crippen molar-refractivity contribution in [3.63, 3.8) is 0 Å². The molecule has 30 heavy (non-hydrogen) atoms. The Morgan fingerprint density at radius 2 is 1.77 bits per heavy atom. The minimum atomic E-state index is -0.371. The van der Waals surface area contributed by atoms with Gasteiger partial charge in [-0.1, -0.05) is 30.3 Å². The molecule has 1 saturated heterocycles. The number of rotatable bonds is 7. The molecule has 5 nitrogen and oxygen atoms in total. The topological polar surface area (TPSA) is 55.4 Å². The zero-order chi connectivity index (χ0) is 20.7. The van der Waals surface area contributed by atoms with Crippen molar-refractivity contribution in [1.82, 2.24) is 0 Å². The Morgan fingerprint density at radius 1 is 1.10 bits per heavy atom. The van der Waals surface area contributed by atoms with Gasteiger partial charge in [-0.05, 0) is 50.5 Å². The second kappa shape index (κ2) is 11.6. The number of ether oxygens (including phenoxy) is 1. The van der Waals surface area contributed by atoms with E-state index >= 15 is 0 Å². The fraction of sp³-hybridized carbons (Fsp3) is 0.478. The lowest BCUT2D eigenvalue weighted by molar-refractivity contribution is -0.932. The van der Waals surface area contributed by atoms with Crippen molar-refractivity contribution in [3.05, 3.63) is 51.7 Å². The first-order chi connectivity index (χ1) is 14.0. The van der Waals surface area contributed by atoms with Crippen molar-refractivity contribution in [2.24, 2.45) is 0 Å². The van der Waals surface area contributed by atoms with Crippen molar-refractivity contribution in [3.8, 4) is 0 Å². The van der Waals surface area contributed by atoms with Gasteiger partial charge in [0.25, 0.3) is 5.91 Å². The number of halogens is 1. The number of amides is 1. The molecule has 0 atom stereocenters. The number of esters is 1. The number of nitrogens with one attached hydrogen (secondary N) is 1. The van der Waals surface area contributed by atoms with Gasteiger partial charge >= 0.3 is 5.97 Å². The van der Waals surface area contributed by atoms with Crippen LogP contribution in [0, 0.1) is 6.92 Å². The highest BCUT2D eigenvalue weighted by atomic mass is 79.9. The molecule has 0 saturated carbocycles. The Bertz CT molecular complexity index is 830. The van der Waals surface area contributed by atoms with Gasteiger partial charge in [0.15, 0.2) is 6.54 Å². The summed E-state index contributed by atoms with van der Waals surface area (Å²) in [7, 11) is 0. The maximum absolute atomic E-state index is 13.1. The predicted molar refractivity (Wildman–Crippen MR) is 117 cm³/mol. The highest BCUT2D eigenvalue weighted by Gasteiger charge is 2.32. The Labute approximate surface area is 193 Å². The quantitative estimate of drug-likeness (QED) is 0.471. The SMILES string of the molecule is CCOC(=O)c1scc(C)c1NC(=O)C[N+]1(Cc2ccccc2)CCCCCC1.[Br-]. The van der Waals surface area contributed by atoms with E-state index < -0.39 is 0 Å². The van der Waals surface area contributed by atoms with Crippen LogP contribution in [0.5, 0.6) is 0 Å². The van der Waals surface area contributed by atoms with Crippen LogP contribution in [0.2, 0.25) is 0 Å². The lowest BCUT2D eigenvalue weighted by Crippen LogP contribution is -3.00. The molecule has 1 aromatic heterocycles. The summed E-state index contributed by atoms with van der Waals surface area (Å²) < 4.78 is 5.92. The summed E-state index contributed by atoms with van der Waals surface area (Å²) >= 11 is 1.32. The van der Waals surface area contributed by atoms with Crippen LogP contribution in [0.1, 0.15) is 53.4 Å². The van der Waals surface area contributed by atoms with E-state index in [9.17, 15) is 9.59 Å². The lowest BCUT2D eigenvalue weighted by Gasteiger charge is -2.37. The fourth-order valence-corrected chi connectivity index (χ4v) is 5.03. The molecule has 1 aliphatic rings. The van der Waals surface area contributed by atoms with Crippen LogP contribution >= 0.6 is 11.3 Å². The molecule has 0 unspecified atom stereocenters. The van der Waals surface area contributed by atoms with Crippen LogP contribution in [0.25, 0.3) is 0 Å². The Kier molecular flexibility index (Phi) is 9.52. The number of benzene rings is 1. The maximum atomic E-state index is 13.1. The third kappa shape index (κ3) is 6.40. The minimum Gasteiger partial charge on any atom is -1.00 e. The number of hydrogen-bond acceptors (Lipinski definition) is 4. The molecule has 1 aliphatic heterocycles. The van der Waals surface area contributed by atoms with Gasteiger partial charge in [-0.15, -0.1) is 11.3 Å². The molecule has 0 spiro atoms. The van der Waals surface area contributed by atoms with Gasteiger partial charge in [0.05, 0.1) is 25.4 Å². The van der Waals surface area contributed by atoms with E-state index in [-0.39, 0.29) is 28.9 Å². The molecule has 3 rings (SSSR count). The van der Waals surface area contributed by atoms with Gasteiger partial charge < -0.3 is 31.5 Å². The number of thiophene rings is 1. The first kappa shape index (κ1) is 24.6. The standard InChI is InChI=1S/C23H30N2O3S.BrH/c1-3-28-23(27)22-21(18(2)17-29-22)24-20(26)16-25(13-9-4-5-10-14-25)15-19-11-7-6-8-12-19;/h6-8,11-12,17H,3-5,9-10,13-16H2,1-2H3;1H. The largest absolute Gasteiger partial charge is 1.00 e. The van der Waals surface area contributed by atoms with Crippen LogP contribution in [0.15, 0.2) is 35.7 Å². The predicted octanol–water partition coefficient (Wildman–Crippen LogP) is 1.77. The van der Waals surface area contributed by atoms with Gasteiger partial charge in [-0.25, -0.2) is 4.79 Å². The van der Waals surface area contributed by atoms with Gasteiger partial charge in [0.1, 0.15) is 11.4 Å². The summed E-state index contributed by atoms with van der Waals surface area (Å²) in [6, 6.07) is 10.4. The summed E-state index contributed by atoms with van der Waals surface area (Å²) in [4.78, 5) is 25.8. The molecule has 1 amide bonds. The molecule has 2 aromatic rings. The highest BCUT2D eigenvalue weighted by molar-refractivity contribution is 7.12. The van der Waals surface area contributed by atoms with Crippen molar-refractivity contribution in [2.75, 3.05) is 31.6 Å². The normalized spacial score (nSPS) is 15.5. The first-order valence-corrected chi connectivity index (χ1v) is 11.3. The van der Waals surface area contributed by atoms with Gasteiger partial charge in [0, 0.05) is 5.56 Å². The van der Waals surface area contributed by atoms with E-state index in [0.717, 1.165) is 42.5 Å². The molecule has 0 aliphatic carbocycles. The number of anilines is 1. The molecule has 164 valence electrons. The van der Waals surface area contributed by atoms with Crippen molar-refractivity contribution >= 4 is 28.9 Å². The number of aryl methyl sites for hydroxylation is 1. The monoisotopic (exact) mass is 494 g/mol. The Balaban J connectivity index is 0.00000320. The molecule has 0 radical (unpaired) electrons. The number of likely N-dealkylation sites (tertiary alicyclic amines) is 1. The van der Waals surface area contributed by atoms with Gasteiger partial charge in [0.2, 0.25) is 0 Å². The van der Waals surface area contributed by atoms with Gasteiger partial charge in [-0.2, -0.15) is 0 Å². The van der Waals surface area contributed by atoms with Crippen LogP contribution in [-0.2, 0) is 16.1 Å². The molecule has 1 fully saturated rings. The zero-order valence-electron chi connectivity index (χ0n) is 17.8. The number of carbonyl (C=O) groups is 2. The van der Waals surface area contributed by atoms with Crippen LogP contribution < -0.4 is 22.3 Å². The number of carbonyl (C=O) groups excluding carboxylic acids is 2. The minimum absolute atomic E-state index is 0. The molecular formula is C23H31BrN2O3S. The molecular weight excluding hydrogens is 464 g/mol. The maximum Gasteiger partial charge on any atom is 0.350 e. The van der Waals surface area contributed by atoms with E-state index in [1.807, 2.05) is 18.4 Å². The summed E-state index contributed by atoms with van der Waals surface area (Å²) in [5, 5.41) is 4.92. The van der Waals surface area contributed by atoms with Crippen LogP contribution in [0.3, 0.4) is 0 Å². The summed E-state index contributed by atoms with van der Waals surface area (Å²) in [6.45, 7) is 7.32. The molecule has 1 aromatic carbocycles. The number of hydrogen-bond donors (Lipinski definition) is 1. The molecule has 0 bridgehead atoms. The van der Waals surface area contributed by atoms with E-state index in [4.69, 9.17) is 4.74 Å². The van der Waals surface area contributed by atoms with E-state index in [0.29, 0.717) is 23.7 Å². The summed E-state index contributed by atoms with van der Waals surface area (Å²) in [5.74, 6) is -0.404. The number of nitrogens with zero attached hydrogens (tertiary/aromatic N) is 1. The smallest absolute Gasteiger partial charge is 0.350 e. The molecule has 2 heterocycles. The number of quaternary nitrogens is 1. The Hall–Kier alpha value is -1.70. The third-order valence-electron chi connectivity index (χ3n) is 5.55. The van der Waals surface area contributed by atoms with Crippen molar-refractivity contribution in [2.45, 2.75) is 46.1 Å².